The number of aliphatic hydroxyl groups excluding tert-OH is 1. The molecule has 0 amide bonds. The molecule has 0 radical (unpaired) electrons. The van der Waals surface area contributed by atoms with Gasteiger partial charge in [-0.05, 0) is 44.6 Å². The molecule has 14 heavy (non-hydrogen) atoms. The third-order valence-corrected chi connectivity index (χ3v) is 3.37. The molecule has 0 bridgehead atoms. The molecule has 2 heteroatoms. The van der Waals surface area contributed by atoms with E-state index in [1.807, 2.05) is 0 Å². The Morgan fingerprint density at radius 2 is 2.21 bits per heavy atom. The van der Waals surface area contributed by atoms with E-state index >= 15 is 0 Å². The Morgan fingerprint density at radius 3 is 2.93 bits per heavy atom. The largest absolute Gasteiger partial charge is 0.392 e. The molecule has 1 aliphatic carbocycles. The summed E-state index contributed by atoms with van der Waals surface area (Å²) >= 11 is 0. The maximum absolute atomic E-state index is 9.55. The summed E-state index contributed by atoms with van der Waals surface area (Å²) in [5, 5.41) is 9.55. The smallest absolute Gasteiger partial charge is 0.0667 e. The van der Waals surface area contributed by atoms with Gasteiger partial charge in [0.05, 0.1) is 6.10 Å². The van der Waals surface area contributed by atoms with Gasteiger partial charge in [0.15, 0.2) is 0 Å². The molecule has 2 aliphatic rings. The topological polar surface area (TPSA) is 23.5 Å². The highest BCUT2D eigenvalue weighted by Crippen LogP contribution is 2.21. The van der Waals surface area contributed by atoms with Gasteiger partial charge in [0.1, 0.15) is 0 Å². The molecule has 0 unspecified atom stereocenters. The van der Waals surface area contributed by atoms with E-state index < -0.39 is 0 Å². The average molecular weight is 195 g/mol. The first-order valence-electron chi connectivity index (χ1n) is 5.90. The van der Waals surface area contributed by atoms with E-state index in [0.29, 0.717) is 0 Å². The zero-order chi connectivity index (χ0) is 9.80. The van der Waals surface area contributed by atoms with E-state index in [2.05, 4.69) is 17.1 Å². The van der Waals surface area contributed by atoms with Crippen LogP contribution in [0.2, 0.25) is 0 Å². The van der Waals surface area contributed by atoms with Gasteiger partial charge in [-0.1, -0.05) is 12.2 Å². The van der Waals surface area contributed by atoms with Crippen molar-refractivity contribution in [1.29, 1.82) is 0 Å². The van der Waals surface area contributed by atoms with Crippen LogP contribution in [0.15, 0.2) is 12.2 Å². The molecule has 1 N–H and O–H groups in total. The van der Waals surface area contributed by atoms with Crippen LogP contribution in [0.4, 0.5) is 0 Å². The first-order chi connectivity index (χ1) is 6.84. The molecule has 1 saturated heterocycles. The van der Waals surface area contributed by atoms with Crippen LogP contribution < -0.4 is 0 Å². The molecule has 0 spiro atoms. The number of allylic oxidation sites excluding steroid dienone is 2. The molecule has 0 aromatic heterocycles. The summed E-state index contributed by atoms with van der Waals surface area (Å²) in [5.74, 6) is 0.838. The second-order valence-corrected chi connectivity index (χ2v) is 4.71. The number of hydrogen-bond donors (Lipinski definition) is 1. The van der Waals surface area contributed by atoms with Crippen LogP contribution in [0.1, 0.15) is 32.1 Å². The van der Waals surface area contributed by atoms with Gasteiger partial charge in [-0.25, -0.2) is 0 Å². The molecule has 1 aliphatic heterocycles. The van der Waals surface area contributed by atoms with Gasteiger partial charge >= 0.3 is 0 Å². The van der Waals surface area contributed by atoms with Gasteiger partial charge in [0.2, 0.25) is 0 Å². The Bertz CT molecular complexity index is 202. The summed E-state index contributed by atoms with van der Waals surface area (Å²) < 4.78 is 0. The lowest BCUT2D eigenvalue weighted by atomic mass is 9.93. The summed E-state index contributed by atoms with van der Waals surface area (Å²) in [5.41, 5.74) is 0. The fraction of sp³-hybridized carbons (Fsp3) is 0.833. The highest BCUT2D eigenvalue weighted by molar-refractivity contribution is 4.91. The summed E-state index contributed by atoms with van der Waals surface area (Å²) in [6.07, 6.45) is 10.5. The Kier molecular flexibility index (Phi) is 3.60. The standard InChI is InChI=1S/C12H21NO/c14-12-7-4-8-13(10-12)9-11-5-2-1-3-6-11/h1-2,11-12,14H,3-10H2/t11-,12+/m0/s1. The second kappa shape index (κ2) is 4.94. The van der Waals surface area contributed by atoms with Gasteiger partial charge in [0, 0.05) is 13.1 Å². The predicted molar refractivity (Wildman–Crippen MR) is 58.2 cm³/mol. The van der Waals surface area contributed by atoms with E-state index in [9.17, 15) is 5.11 Å². The third-order valence-electron chi connectivity index (χ3n) is 3.37. The van der Waals surface area contributed by atoms with Gasteiger partial charge in [-0.3, -0.25) is 0 Å². The quantitative estimate of drug-likeness (QED) is 0.679. The van der Waals surface area contributed by atoms with Crippen molar-refractivity contribution in [1.82, 2.24) is 4.90 Å². The Hall–Kier alpha value is -0.340. The van der Waals surface area contributed by atoms with Gasteiger partial charge in [-0.15, -0.1) is 0 Å². The maximum atomic E-state index is 9.55. The Morgan fingerprint density at radius 1 is 1.29 bits per heavy atom. The zero-order valence-electron chi connectivity index (χ0n) is 8.86. The van der Waals surface area contributed by atoms with E-state index in [0.717, 1.165) is 18.9 Å². The zero-order valence-corrected chi connectivity index (χ0v) is 8.86. The molecule has 2 atom stereocenters. The number of likely N-dealkylation sites (tertiary alicyclic amines) is 1. The highest BCUT2D eigenvalue weighted by atomic mass is 16.3. The number of hydrogen-bond acceptors (Lipinski definition) is 2. The van der Waals surface area contributed by atoms with Crippen molar-refractivity contribution < 1.29 is 5.11 Å². The summed E-state index contributed by atoms with van der Waals surface area (Å²) in [6, 6.07) is 0. The first kappa shape index (κ1) is 10.2. The Labute approximate surface area is 86.6 Å². The van der Waals surface area contributed by atoms with Gasteiger partial charge in [-0.2, -0.15) is 0 Å². The number of nitrogens with zero attached hydrogens (tertiary/aromatic N) is 1. The fourth-order valence-corrected chi connectivity index (χ4v) is 2.58. The lowest BCUT2D eigenvalue weighted by molar-refractivity contribution is 0.0612. The lowest BCUT2D eigenvalue weighted by Crippen LogP contribution is -2.41. The van der Waals surface area contributed by atoms with Crippen molar-refractivity contribution in [3.63, 3.8) is 0 Å². The third kappa shape index (κ3) is 2.82. The first-order valence-corrected chi connectivity index (χ1v) is 5.90. The normalized spacial score (nSPS) is 34.6. The van der Waals surface area contributed by atoms with Crippen LogP contribution in [-0.4, -0.2) is 35.7 Å². The molecule has 80 valence electrons. The molecule has 0 aromatic rings. The van der Waals surface area contributed by atoms with E-state index in [1.165, 1.54) is 38.8 Å². The van der Waals surface area contributed by atoms with E-state index in [4.69, 9.17) is 0 Å². The van der Waals surface area contributed by atoms with Crippen LogP contribution in [-0.2, 0) is 0 Å². The van der Waals surface area contributed by atoms with Crippen molar-refractivity contribution >= 4 is 0 Å². The van der Waals surface area contributed by atoms with Gasteiger partial charge in [0.25, 0.3) is 0 Å². The molecule has 0 aromatic carbocycles. The highest BCUT2D eigenvalue weighted by Gasteiger charge is 2.20. The molecule has 1 heterocycles. The van der Waals surface area contributed by atoms with Crippen LogP contribution >= 0.6 is 0 Å². The molecular formula is C12H21NO. The van der Waals surface area contributed by atoms with Crippen molar-refractivity contribution in [3.05, 3.63) is 12.2 Å². The Balaban J connectivity index is 1.75. The lowest BCUT2D eigenvalue weighted by Gasteiger charge is -2.33. The molecule has 0 saturated carbocycles. The molecule has 2 rings (SSSR count). The minimum absolute atomic E-state index is 0.0668. The van der Waals surface area contributed by atoms with Crippen molar-refractivity contribution in [3.8, 4) is 0 Å². The molecule has 1 fully saturated rings. The van der Waals surface area contributed by atoms with Crippen LogP contribution in [0, 0.1) is 5.92 Å². The van der Waals surface area contributed by atoms with Crippen LogP contribution in [0.3, 0.4) is 0 Å². The number of aliphatic hydroxyl groups is 1. The summed E-state index contributed by atoms with van der Waals surface area (Å²) in [7, 11) is 0. The van der Waals surface area contributed by atoms with Crippen molar-refractivity contribution in [2.45, 2.75) is 38.2 Å². The number of piperidine rings is 1. The molecular weight excluding hydrogens is 174 g/mol. The second-order valence-electron chi connectivity index (χ2n) is 4.71. The minimum atomic E-state index is -0.0668. The van der Waals surface area contributed by atoms with Crippen LogP contribution in [0.5, 0.6) is 0 Å². The van der Waals surface area contributed by atoms with Crippen molar-refractivity contribution in [2.75, 3.05) is 19.6 Å². The SMILES string of the molecule is O[C@@H]1CCCN(C[C@H]2CC=CCC2)C1. The average Bonchev–Trinajstić information content (AvgIpc) is 2.19. The van der Waals surface area contributed by atoms with E-state index in [-0.39, 0.29) is 6.10 Å². The summed E-state index contributed by atoms with van der Waals surface area (Å²) in [6.45, 7) is 3.29. The predicted octanol–water partition coefficient (Wildman–Crippen LogP) is 1.80. The summed E-state index contributed by atoms with van der Waals surface area (Å²) in [4.78, 5) is 2.44. The number of β-amino-alcohol motifs (C(OH)–C–C–N with tert-alkyl or cyclic N) is 1. The van der Waals surface area contributed by atoms with E-state index in [1.54, 1.807) is 0 Å². The van der Waals surface area contributed by atoms with Gasteiger partial charge < -0.3 is 10.0 Å². The minimum Gasteiger partial charge on any atom is -0.392 e. The monoisotopic (exact) mass is 195 g/mol. The number of rotatable bonds is 2. The van der Waals surface area contributed by atoms with Crippen LogP contribution in [0.25, 0.3) is 0 Å². The fourth-order valence-electron chi connectivity index (χ4n) is 2.58. The maximum Gasteiger partial charge on any atom is 0.0667 e. The molecule has 2 nitrogen and oxygen atoms in total. The van der Waals surface area contributed by atoms with Crippen molar-refractivity contribution in [2.24, 2.45) is 5.92 Å².